The number of rotatable bonds is 5. The minimum atomic E-state index is -0.290. The highest BCUT2D eigenvalue weighted by Crippen LogP contribution is 2.22. The van der Waals surface area contributed by atoms with Crippen molar-refractivity contribution in [3.8, 4) is 0 Å². The van der Waals surface area contributed by atoms with Gasteiger partial charge in [-0.3, -0.25) is 0 Å². The first-order valence-corrected chi connectivity index (χ1v) is 6.95. The number of nitrogens with zero attached hydrogens (tertiary/aromatic N) is 1. The summed E-state index contributed by atoms with van der Waals surface area (Å²) in [6.07, 6.45) is 0.556. The van der Waals surface area contributed by atoms with Crippen molar-refractivity contribution in [2.24, 2.45) is 0 Å². The van der Waals surface area contributed by atoms with Gasteiger partial charge in [0.2, 0.25) is 0 Å². The number of amides is 1. The van der Waals surface area contributed by atoms with Crippen molar-refractivity contribution >= 4 is 17.9 Å². The molecule has 0 unspecified atom stereocenters. The van der Waals surface area contributed by atoms with Crippen molar-refractivity contribution in [1.82, 2.24) is 4.90 Å². The molecular formula is C14H21NO2S. The van der Waals surface area contributed by atoms with E-state index in [1.165, 1.54) is 17.6 Å². The highest BCUT2D eigenvalue weighted by atomic mass is 32.2. The third-order valence-electron chi connectivity index (χ3n) is 2.52. The van der Waals surface area contributed by atoms with Crippen LogP contribution in [0.5, 0.6) is 0 Å². The summed E-state index contributed by atoms with van der Waals surface area (Å²) in [6.45, 7) is 5.04. The number of likely N-dealkylation sites (N-methyl/N-ethyl adjacent to an activating group) is 1. The van der Waals surface area contributed by atoms with Gasteiger partial charge in [-0.1, -0.05) is 26.0 Å². The Bertz CT molecular complexity index is 376. The molecule has 0 atom stereocenters. The minimum absolute atomic E-state index is 0.290. The largest absolute Gasteiger partial charge is 0.453 e. The fourth-order valence-electron chi connectivity index (χ4n) is 1.55. The Morgan fingerprint density at radius 1 is 1.33 bits per heavy atom. The van der Waals surface area contributed by atoms with E-state index in [0.717, 1.165) is 6.42 Å². The Morgan fingerprint density at radius 3 is 2.44 bits per heavy atom. The molecule has 0 N–H and O–H groups in total. The lowest BCUT2D eigenvalue weighted by molar-refractivity contribution is 0.134. The van der Waals surface area contributed by atoms with E-state index in [9.17, 15) is 4.79 Å². The van der Waals surface area contributed by atoms with Crippen LogP contribution in [0.3, 0.4) is 0 Å². The number of benzene rings is 1. The van der Waals surface area contributed by atoms with Crippen molar-refractivity contribution in [2.75, 3.05) is 20.7 Å². The van der Waals surface area contributed by atoms with Crippen molar-refractivity contribution in [1.29, 1.82) is 0 Å². The summed E-state index contributed by atoms with van der Waals surface area (Å²) in [5.74, 6) is 0. The van der Waals surface area contributed by atoms with E-state index in [1.807, 2.05) is 11.8 Å². The summed E-state index contributed by atoms with van der Waals surface area (Å²) < 4.78 is 4.65. The SMILES string of the molecule is COC(=O)N(C)CCc1ccc(SC(C)C)cc1. The fraction of sp³-hybridized carbons (Fsp3) is 0.500. The zero-order valence-electron chi connectivity index (χ0n) is 11.5. The molecule has 1 aromatic carbocycles. The molecule has 0 aliphatic carbocycles. The van der Waals surface area contributed by atoms with Crippen LogP contribution in [0, 0.1) is 0 Å². The van der Waals surface area contributed by atoms with Crippen LogP contribution in [-0.2, 0) is 11.2 Å². The first-order chi connectivity index (χ1) is 8.52. The standard InChI is InChI=1S/C14H21NO2S/c1-11(2)18-13-7-5-12(6-8-13)9-10-15(3)14(16)17-4/h5-8,11H,9-10H2,1-4H3. The molecule has 1 aromatic rings. The normalized spacial score (nSPS) is 10.5. The third-order valence-corrected chi connectivity index (χ3v) is 3.53. The summed E-state index contributed by atoms with van der Waals surface area (Å²) in [4.78, 5) is 14.1. The molecule has 100 valence electrons. The Morgan fingerprint density at radius 2 is 1.94 bits per heavy atom. The van der Waals surface area contributed by atoms with Crippen molar-refractivity contribution < 1.29 is 9.53 Å². The van der Waals surface area contributed by atoms with Crippen LogP contribution in [0.2, 0.25) is 0 Å². The first-order valence-electron chi connectivity index (χ1n) is 6.07. The van der Waals surface area contributed by atoms with Gasteiger partial charge in [-0.25, -0.2) is 4.79 Å². The second kappa shape index (κ2) is 7.31. The van der Waals surface area contributed by atoms with Crippen molar-refractivity contribution in [2.45, 2.75) is 30.4 Å². The van der Waals surface area contributed by atoms with Gasteiger partial charge in [-0.2, -0.15) is 0 Å². The molecule has 0 radical (unpaired) electrons. The number of methoxy groups -OCH3 is 1. The molecule has 0 aliphatic heterocycles. The lowest BCUT2D eigenvalue weighted by Crippen LogP contribution is -2.28. The van der Waals surface area contributed by atoms with Crippen LogP contribution in [0.4, 0.5) is 4.79 Å². The van der Waals surface area contributed by atoms with Gasteiger partial charge in [0.05, 0.1) is 7.11 Å². The molecule has 0 saturated heterocycles. The number of ether oxygens (including phenoxy) is 1. The molecule has 0 spiro atoms. The zero-order valence-corrected chi connectivity index (χ0v) is 12.3. The summed E-state index contributed by atoms with van der Waals surface area (Å²) in [6, 6.07) is 8.52. The van der Waals surface area contributed by atoms with E-state index in [0.29, 0.717) is 11.8 Å². The van der Waals surface area contributed by atoms with Gasteiger partial charge < -0.3 is 9.64 Å². The first kappa shape index (κ1) is 14.9. The monoisotopic (exact) mass is 267 g/mol. The number of carbonyl (C=O) groups is 1. The maximum atomic E-state index is 11.2. The van der Waals surface area contributed by atoms with Gasteiger partial charge in [0.1, 0.15) is 0 Å². The molecule has 1 rings (SSSR count). The van der Waals surface area contributed by atoms with Crippen LogP contribution in [-0.4, -0.2) is 36.9 Å². The third kappa shape index (κ3) is 5.00. The van der Waals surface area contributed by atoms with E-state index in [4.69, 9.17) is 0 Å². The molecule has 3 nitrogen and oxygen atoms in total. The Kier molecular flexibility index (Phi) is 6.05. The Hall–Kier alpha value is -1.16. The predicted molar refractivity (Wildman–Crippen MR) is 76.2 cm³/mol. The quantitative estimate of drug-likeness (QED) is 0.765. The van der Waals surface area contributed by atoms with E-state index >= 15 is 0 Å². The molecule has 1 amide bonds. The lowest BCUT2D eigenvalue weighted by atomic mass is 10.1. The van der Waals surface area contributed by atoms with Crippen LogP contribution >= 0.6 is 11.8 Å². The van der Waals surface area contributed by atoms with Gasteiger partial charge in [0.15, 0.2) is 0 Å². The zero-order chi connectivity index (χ0) is 13.5. The van der Waals surface area contributed by atoms with Gasteiger partial charge in [0.25, 0.3) is 0 Å². The Balaban J connectivity index is 2.46. The van der Waals surface area contributed by atoms with Crippen molar-refractivity contribution in [3.05, 3.63) is 29.8 Å². The van der Waals surface area contributed by atoms with E-state index in [-0.39, 0.29) is 6.09 Å². The molecule has 0 fully saturated rings. The molecule has 4 heteroatoms. The van der Waals surface area contributed by atoms with Crippen LogP contribution in [0.25, 0.3) is 0 Å². The van der Waals surface area contributed by atoms with Crippen LogP contribution < -0.4 is 0 Å². The molecular weight excluding hydrogens is 246 g/mol. The number of hydrogen-bond acceptors (Lipinski definition) is 3. The van der Waals surface area contributed by atoms with Crippen LogP contribution in [0.15, 0.2) is 29.2 Å². The lowest BCUT2D eigenvalue weighted by Gasteiger charge is -2.15. The van der Waals surface area contributed by atoms with Crippen LogP contribution in [0.1, 0.15) is 19.4 Å². The van der Waals surface area contributed by atoms with E-state index in [2.05, 4.69) is 42.8 Å². The molecule has 0 saturated carbocycles. The number of thioether (sulfide) groups is 1. The van der Waals surface area contributed by atoms with Gasteiger partial charge in [-0.15, -0.1) is 11.8 Å². The topological polar surface area (TPSA) is 29.5 Å². The number of hydrogen-bond donors (Lipinski definition) is 0. The smallest absolute Gasteiger partial charge is 0.409 e. The van der Waals surface area contributed by atoms with E-state index < -0.39 is 0 Å². The predicted octanol–water partition coefficient (Wildman–Crippen LogP) is 3.43. The van der Waals surface area contributed by atoms with Gasteiger partial charge >= 0.3 is 6.09 Å². The number of carbonyl (C=O) groups excluding carboxylic acids is 1. The van der Waals surface area contributed by atoms with Crippen molar-refractivity contribution in [3.63, 3.8) is 0 Å². The molecule has 0 heterocycles. The molecule has 0 bridgehead atoms. The molecule has 0 aliphatic rings. The highest BCUT2D eigenvalue weighted by molar-refractivity contribution is 7.99. The molecule has 0 aromatic heterocycles. The summed E-state index contributed by atoms with van der Waals surface area (Å²) >= 11 is 1.86. The minimum Gasteiger partial charge on any atom is -0.453 e. The van der Waals surface area contributed by atoms with Gasteiger partial charge in [0, 0.05) is 23.7 Å². The summed E-state index contributed by atoms with van der Waals surface area (Å²) in [5, 5.41) is 0.598. The van der Waals surface area contributed by atoms with Gasteiger partial charge in [-0.05, 0) is 24.1 Å². The average Bonchev–Trinajstić information content (AvgIpc) is 2.36. The fourth-order valence-corrected chi connectivity index (χ4v) is 2.39. The Labute approximate surface area is 114 Å². The second-order valence-electron chi connectivity index (χ2n) is 4.45. The average molecular weight is 267 g/mol. The summed E-state index contributed by atoms with van der Waals surface area (Å²) in [5.41, 5.74) is 1.24. The molecule has 18 heavy (non-hydrogen) atoms. The second-order valence-corrected chi connectivity index (χ2v) is 6.10. The maximum Gasteiger partial charge on any atom is 0.409 e. The maximum absolute atomic E-state index is 11.2. The van der Waals surface area contributed by atoms with E-state index in [1.54, 1.807) is 11.9 Å². The highest BCUT2D eigenvalue weighted by Gasteiger charge is 2.07. The summed E-state index contributed by atoms with van der Waals surface area (Å²) in [7, 11) is 3.14.